The molecule has 2 N–H and O–H groups in total. The van der Waals surface area contributed by atoms with Crippen LogP contribution in [0.2, 0.25) is 5.02 Å². The van der Waals surface area contributed by atoms with Crippen LogP contribution in [0.4, 0.5) is 11.4 Å². The number of hydrogen-bond donors (Lipinski definition) is 2. The second kappa shape index (κ2) is 5.26. The highest BCUT2D eigenvalue weighted by Gasteiger charge is 2.47. The minimum Gasteiger partial charge on any atom is -0.481 e. The van der Waals surface area contributed by atoms with Gasteiger partial charge in [-0.15, -0.1) is 0 Å². The summed E-state index contributed by atoms with van der Waals surface area (Å²) < 4.78 is 5.19. The van der Waals surface area contributed by atoms with Crippen molar-refractivity contribution in [1.29, 1.82) is 0 Å². The van der Waals surface area contributed by atoms with Gasteiger partial charge in [0.2, 0.25) is 0 Å². The van der Waals surface area contributed by atoms with E-state index in [0.29, 0.717) is 0 Å². The second-order valence-electron chi connectivity index (χ2n) is 4.83. The standard InChI is InChI=1S/C12H13ClN2O5/c1-12(11(16)17)6-20-5-9(12)14-8-4-2-3-7(13)10(8)15(18)19/h2-4,9,14H,5-6H2,1H3,(H,16,17). The predicted molar refractivity (Wildman–Crippen MR) is 72.1 cm³/mol. The molecule has 0 radical (unpaired) electrons. The maximum absolute atomic E-state index is 11.3. The summed E-state index contributed by atoms with van der Waals surface area (Å²) in [6, 6.07) is 3.89. The van der Waals surface area contributed by atoms with Crippen molar-refractivity contribution in [3.05, 3.63) is 33.3 Å². The fourth-order valence-corrected chi connectivity index (χ4v) is 2.33. The zero-order valence-electron chi connectivity index (χ0n) is 10.6. The summed E-state index contributed by atoms with van der Waals surface area (Å²) in [5.41, 5.74) is -1.23. The van der Waals surface area contributed by atoms with Crippen molar-refractivity contribution >= 4 is 28.9 Å². The number of nitro benzene ring substituents is 1. The molecule has 20 heavy (non-hydrogen) atoms. The predicted octanol–water partition coefficient (Wildman–Crippen LogP) is 2.15. The number of carboxylic acids is 1. The van der Waals surface area contributed by atoms with Gasteiger partial charge in [0.15, 0.2) is 0 Å². The Kier molecular flexibility index (Phi) is 3.82. The van der Waals surface area contributed by atoms with Gasteiger partial charge in [-0.3, -0.25) is 14.9 Å². The van der Waals surface area contributed by atoms with E-state index in [-0.39, 0.29) is 29.6 Å². The second-order valence-corrected chi connectivity index (χ2v) is 5.23. The number of carbonyl (C=O) groups is 1. The first-order valence-electron chi connectivity index (χ1n) is 5.87. The molecule has 1 aromatic carbocycles. The van der Waals surface area contributed by atoms with E-state index >= 15 is 0 Å². The third-order valence-corrected chi connectivity index (χ3v) is 3.75. The van der Waals surface area contributed by atoms with E-state index in [4.69, 9.17) is 16.3 Å². The Bertz CT molecular complexity index is 565. The Balaban J connectivity index is 2.33. The lowest BCUT2D eigenvalue weighted by Gasteiger charge is -2.26. The normalized spacial score (nSPS) is 25.4. The largest absolute Gasteiger partial charge is 0.481 e. The van der Waals surface area contributed by atoms with Crippen molar-refractivity contribution in [3.63, 3.8) is 0 Å². The van der Waals surface area contributed by atoms with E-state index in [1.165, 1.54) is 19.1 Å². The molecule has 1 aliphatic heterocycles. The third kappa shape index (κ3) is 2.41. The number of nitro groups is 1. The average Bonchev–Trinajstić information content (AvgIpc) is 2.72. The zero-order valence-corrected chi connectivity index (χ0v) is 11.4. The molecule has 1 fully saturated rings. The molecule has 0 spiro atoms. The molecule has 0 aromatic heterocycles. The Hall–Kier alpha value is -1.86. The van der Waals surface area contributed by atoms with Gasteiger partial charge in [-0.2, -0.15) is 0 Å². The van der Waals surface area contributed by atoms with Gasteiger partial charge in [0.1, 0.15) is 16.1 Å². The highest BCUT2D eigenvalue weighted by atomic mass is 35.5. The molecule has 1 saturated heterocycles. The topological polar surface area (TPSA) is 102 Å². The number of hydrogen-bond acceptors (Lipinski definition) is 5. The number of benzene rings is 1. The minimum absolute atomic E-state index is 0.00376. The van der Waals surface area contributed by atoms with Crippen LogP contribution in [0.5, 0.6) is 0 Å². The molecule has 8 heteroatoms. The summed E-state index contributed by atoms with van der Waals surface area (Å²) in [7, 11) is 0. The summed E-state index contributed by atoms with van der Waals surface area (Å²) >= 11 is 5.81. The highest BCUT2D eigenvalue weighted by Crippen LogP contribution is 2.36. The molecule has 7 nitrogen and oxygen atoms in total. The quantitative estimate of drug-likeness (QED) is 0.652. The van der Waals surface area contributed by atoms with E-state index in [1.807, 2.05) is 0 Å². The molecule has 0 amide bonds. The SMILES string of the molecule is CC1(C(=O)O)COCC1Nc1cccc(Cl)c1[N+](=O)[O-]. The Morgan fingerprint density at radius 3 is 2.95 bits per heavy atom. The van der Waals surface area contributed by atoms with E-state index in [1.54, 1.807) is 6.07 Å². The van der Waals surface area contributed by atoms with Gasteiger partial charge in [-0.1, -0.05) is 17.7 Å². The number of nitrogens with one attached hydrogen (secondary N) is 1. The Labute approximate surface area is 119 Å². The van der Waals surface area contributed by atoms with Crippen LogP contribution in [0.1, 0.15) is 6.92 Å². The van der Waals surface area contributed by atoms with Crippen molar-refractivity contribution in [2.75, 3.05) is 18.5 Å². The van der Waals surface area contributed by atoms with Gasteiger partial charge in [-0.05, 0) is 19.1 Å². The first kappa shape index (κ1) is 14.5. The van der Waals surface area contributed by atoms with Crippen LogP contribution in [-0.4, -0.2) is 35.3 Å². The molecule has 2 atom stereocenters. The molecule has 2 rings (SSSR count). The van der Waals surface area contributed by atoms with Crippen molar-refractivity contribution in [3.8, 4) is 0 Å². The smallest absolute Gasteiger partial charge is 0.313 e. The lowest BCUT2D eigenvalue weighted by molar-refractivity contribution is -0.383. The zero-order chi connectivity index (χ0) is 14.9. The average molecular weight is 301 g/mol. The molecule has 1 aromatic rings. The van der Waals surface area contributed by atoms with E-state index in [9.17, 15) is 20.0 Å². The van der Waals surface area contributed by atoms with Crippen molar-refractivity contribution in [2.24, 2.45) is 5.41 Å². The maximum atomic E-state index is 11.3. The lowest BCUT2D eigenvalue weighted by Crippen LogP contribution is -2.43. The minimum atomic E-state index is -1.14. The number of halogens is 1. The van der Waals surface area contributed by atoms with E-state index < -0.39 is 22.3 Å². The monoisotopic (exact) mass is 300 g/mol. The van der Waals surface area contributed by atoms with Crippen LogP contribution in [0, 0.1) is 15.5 Å². The summed E-state index contributed by atoms with van der Waals surface area (Å²) in [6.45, 7) is 1.75. The van der Waals surface area contributed by atoms with Crippen LogP contribution in [-0.2, 0) is 9.53 Å². The molecular weight excluding hydrogens is 288 g/mol. The number of carboxylic acid groups (broad SMARTS) is 1. The molecule has 0 bridgehead atoms. The Morgan fingerprint density at radius 1 is 1.65 bits per heavy atom. The van der Waals surface area contributed by atoms with Crippen LogP contribution < -0.4 is 5.32 Å². The van der Waals surface area contributed by atoms with E-state index in [0.717, 1.165) is 0 Å². The number of nitrogens with zero attached hydrogens (tertiary/aromatic N) is 1. The van der Waals surface area contributed by atoms with Crippen molar-refractivity contribution in [2.45, 2.75) is 13.0 Å². The highest BCUT2D eigenvalue weighted by molar-refractivity contribution is 6.33. The van der Waals surface area contributed by atoms with E-state index in [2.05, 4.69) is 5.32 Å². The lowest BCUT2D eigenvalue weighted by atomic mass is 9.85. The molecule has 108 valence electrons. The first-order chi connectivity index (χ1) is 9.36. The molecule has 2 unspecified atom stereocenters. The molecule has 1 heterocycles. The number of ether oxygens (including phenoxy) is 1. The summed E-state index contributed by atoms with van der Waals surface area (Å²) in [5.74, 6) is -1.02. The summed E-state index contributed by atoms with van der Waals surface area (Å²) in [4.78, 5) is 21.8. The van der Waals surface area contributed by atoms with Crippen LogP contribution >= 0.6 is 11.6 Å². The van der Waals surface area contributed by atoms with Crippen LogP contribution in [0.3, 0.4) is 0 Å². The molecule has 0 aliphatic carbocycles. The van der Waals surface area contributed by atoms with Crippen molar-refractivity contribution < 1.29 is 19.6 Å². The van der Waals surface area contributed by atoms with Gasteiger partial charge in [0, 0.05) is 0 Å². The fourth-order valence-electron chi connectivity index (χ4n) is 2.09. The third-order valence-electron chi connectivity index (χ3n) is 3.44. The number of rotatable bonds is 4. The number of para-hydroxylation sites is 1. The molecule has 1 aliphatic rings. The maximum Gasteiger partial charge on any atom is 0.313 e. The number of aliphatic carboxylic acids is 1. The van der Waals surface area contributed by atoms with Crippen molar-refractivity contribution in [1.82, 2.24) is 0 Å². The number of anilines is 1. The van der Waals surface area contributed by atoms with Gasteiger partial charge >= 0.3 is 11.7 Å². The Morgan fingerprint density at radius 2 is 2.35 bits per heavy atom. The van der Waals surface area contributed by atoms with Gasteiger partial charge in [0.05, 0.1) is 24.2 Å². The van der Waals surface area contributed by atoms with Gasteiger partial charge in [-0.25, -0.2) is 0 Å². The summed E-state index contributed by atoms with van der Waals surface area (Å²) in [5, 5.41) is 23.2. The van der Waals surface area contributed by atoms with Crippen LogP contribution in [0.15, 0.2) is 18.2 Å². The van der Waals surface area contributed by atoms with Gasteiger partial charge < -0.3 is 15.2 Å². The molecule has 0 saturated carbocycles. The first-order valence-corrected chi connectivity index (χ1v) is 6.24. The molecular formula is C12H13ClN2O5. The van der Waals surface area contributed by atoms with Gasteiger partial charge in [0.25, 0.3) is 0 Å². The van der Waals surface area contributed by atoms with Crippen LogP contribution in [0.25, 0.3) is 0 Å². The summed E-state index contributed by atoms with van der Waals surface area (Å²) in [6.07, 6.45) is 0. The fraction of sp³-hybridized carbons (Fsp3) is 0.417.